The van der Waals surface area contributed by atoms with Crippen LogP contribution in [0.3, 0.4) is 0 Å². The number of nitrogens with zero attached hydrogens (tertiary/aromatic N) is 1. The molecule has 2 N–H and O–H groups in total. The zero-order chi connectivity index (χ0) is 15.7. The van der Waals surface area contributed by atoms with E-state index in [0.29, 0.717) is 5.56 Å². The van der Waals surface area contributed by atoms with E-state index in [1.165, 1.54) is 0 Å². The van der Waals surface area contributed by atoms with Gasteiger partial charge in [0.05, 0.1) is 23.9 Å². The first-order valence-electron chi connectivity index (χ1n) is 7.10. The number of H-pyrrole nitrogens is 1. The summed E-state index contributed by atoms with van der Waals surface area (Å²) in [6, 6.07) is 13.0. The second-order valence-electron chi connectivity index (χ2n) is 5.10. The molecule has 0 fully saturated rings. The van der Waals surface area contributed by atoms with E-state index in [9.17, 15) is 10.4 Å². The minimum atomic E-state index is 0.174. The molecular formula is C18H16N2O2. The fourth-order valence-corrected chi connectivity index (χ4v) is 2.78. The zero-order valence-electron chi connectivity index (χ0n) is 12.5. The molecule has 0 atom stereocenters. The van der Waals surface area contributed by atoms with Crippen molar-refractivity contribution in [1.82, 2.24) is 4.98 Å². The number of hydrogen-bond donors (Lipinski definition) is 2. The van der Waals surface area contributed by atoms with Gasteiger partial charge in [-0.2, -0.15) is 5.26 Å². The van der Waals surface area contributed by atoms with Gasteiger partial charge in [-0.15, -0.1) is 0 Å². The van der Waals surface area contributed by atoms with Gasteiger partial charge in [0.1, 0.15) is 17.6 Å². The lowest BCUT2D eigenvalue weighted by Gasteiger charge is -2.05. The molecule has 0 saturated carbocycles. The number of phenols is 1. The maximum Gasteiger partial charge on any atom is 0.121 e. The molecular weight excluding hydrogens is 276 g/mol. The smallest absolute Gasteiger partial charge is 0.121 e. The molecule has 1 aromatic heterocycles. The number of aromatic nitrogens is 1. The lowest BCUT2D eigenvalue weighted by molar-refractivity contribution is 0.415. The third-order valence-corrected chi connectivity index (χ3v) is 3.82. The van der Waals surface area contributed by atoms with Gasteiger partial charge in [-0.1, -0.05) is 19.1 Å². The molecule has 3 aromatic rings. The van der Waals surface area contributed by atoms with E-state index >= 15 is 0 Å². The Balaban J connectivity index is 2.35. The van der Waals surface area contributed by atoms with E-state index < -0.39 is 0 Å². The standard InChI is InChI=1S/C18H16N2O2/c1-3-11-8-14(22-2)9-16-17(11)15(10-19)18(20-16)12-5-4-6-13(21)7-12/h4-9,20-21H,3H2,1-2H3. The summed E-state index contributed by atoms with van der Waals surface area (Å²) in [6.45, 7) is 2.05. The van der Waals surface area contributed by atoms with Crippen LogP contribution < -0.4 is 4.74 Å². The van der Waals surface area contributed by atoms with Crippen molar-refractivity contribution in [2.45, 2.75) is 13.3 Å². The first-order chi connectivity index (χ1) is 10.7. The summed E-state index contributed by atoms with van der Waals surface area (Å²) in [6.07, 6.45) is 0.805. The molecule has 0 amide bonds. The maximum atomic E-state index is 9.68. The maximum absolute atomic E-state index is 9.68. The van der Waals surface area contributed by atoms with E-state index in [1.54, 1.807) is 25.3 Å². The van der Waals surface area contributed by atoms with Gasteiger partial charge >= 0.3 is 0 Å². The number of aromatic amines is 1. The SMILES string of the molecule is CCc1cc(OC)cc2[nH]c(-c3cccc(O)c3)c(C#N)c12. The van der Waals surface area contributed by atoms with Gasteiger partial charge in [0.25, 0.3) is 0 Å². The Morgan fingerprint density at radius 3 is 2.73 bits per heavy atom. The Labute approximate surface area is 128 Å². The van der Waals surface area contributed by atoms with Crippen LogP contribution in [0.4, 0.5) is 0 Å². The number of nitriles is 1. The Bertz CT molecular complexity index is 888. The molecule has 22 heavy (non-hydrogen) atoms. The number of hydrogen-bond acceptors (Lipinski definition) is 3. The highest BCUT2D eigenvalue weighted by Crippen LogP contribution is 2.35. The largest absolute Gasteiger partial charge is 0.508 e. The fraction of sp³-hybridized carbons (Fsp3) is 0.167. The highest BCUT2D eigenvalue weighted by atomic mass is 16.5. The van der Waals surface area contributed by atoms with Crippen molar-refractivity contribution >= 4 is 10.9 Å². The molecule has 0 aliphatic rings. The normalized spacial score (nSPS) is 10.6. The lowest BCUT2D eigenvalue weighted by Crippen LogP contribution is -1.88. The number of fused-ring (bicyclic) bond motifs is 1. The summed E-state index contributed by atoms with van der Waals surface area (Å²) < 4.78 is 5.33. The van der Waals surface area contributed by atoms with Crippen LogP contribution in [-0.2, 0) is 6.42 Å². The predicted octanol–water partition coefficient (Wildman–Crippen LogP) is 3.98. The van der Waals surface area contributed by atoms with Gasteiger partial charge in [-0.3, -0.25) is 0 Å². The van der Waals surface area contributed by atoms with E-state index in [4.69, 9.17) is 4.74 Å². The minimum Gasteiger partial charge on any atom is -0.508 e. The first-order valence-corrected chi connectivity index (χ1v) is 7.10. The van der Waals surface area contributed by atoms with E-state index in [2.05, 4.69) is 18.0 Å². The molecule has 0 spiro atoms. The second-order valence-corrected chi connectivity index (χ2v) is 5.10. The molecule has 110 valence electrons. The molecule has 0 unspecified atom stereocenters. The average molecular weight is 292 g/mol. The van der Waals surface area contributed by atoms with Gasteiger partial charge in [0, 0.05) is 17.0 Å². The number of nitrogens with one attached hydrogen (secondary N) is 1. The number of rotatable bonds is 3. The summed E-state index contributed by atoms with van der Waals surface area (Å²) in [4.78, 5) is 3.29. The van der Waals surface area contributed by atoms with Crippen LogP contribution in [0.2, 0.25) is 0 Å². The van der Waals surface area contributed by atoms with E-state index in [0.717, 1.165) is 39.9 Å². The van der Waals surface area contributed by atoms with Crippen LogP contribution in [0.25, 0.3) is 22.2 Å². The third-order valence-electron chi connectivity index (χ3n) is 3.82. The number of ether oxygens (including phenoxy) is 1. The van der Waals surface area contributed by atoms with Crippen LogP contribution in [-0.4, -0.2) is 17.2 Å². The molecule has 0 radical (unpaired) electrons. The lowest BCUT2D eigenvalue weighted by atomic mass is 10.0. The van der Waals surface area contributed by atoms with Crippen molar-refractivity contribution in [3.63, 3.8) is 0 Å². The second kappa shape index (κ2) is 5.45. The predicted molar refractivity (Wildman–Crippen MR) is 86.0 cm³/mol. The Morgan fingerprint density at radius 2 is 2.09 bits per heavy atom. The van der Waals surface area contributed by atoms with E-state index in [-0.39, 0.29) is 5.75 Å². The van der Waals surface area contributed by atoms with Crippen LogP contribution in [0.15, 0.2) is 36.4 Å². The topological polar surface area (TPSA) is 69.0 Å². The molecule has 4 nitrogen and oxygen atoms in total. The van der Waals surface area contributed by atoms with Crippen molar-refractivity contribution in [3.8, 4) is 28.8 Å². The van der Waals surface area contributed by atoms with Gasteiger partial charge in [-0.05, 0) is 30.2 Å². The summed E-state index contributed by atoms with van der Waals surface area (Å²) in [7, 11) is 1.63. The van der Waals surface area contributed by atoms with E-state index in [1.807, 2.05) is 18.2 Å². The molecule has 0 saturated heterocycles. The van der Waals surface area contributed by atoms with Gasteiger partial charge in [-0.25, -0.2) is 0 Å². The number of phenolic OH excluding ortho intramolecular Hbond substituents is 1. The summed E-state index contributed by atoms with van der Waals surface area (Å²) in [5.41, 5.74) is 4.03. The molecule has 0 aliphatic heterocycles. The van der Waals surface area contributed by atoms with Gasteiger partial charge in [0.15, 0.2) is 0 Å². The van der Waals surface area contributed by atoms with Crippen LogP contribution in [0, 0.1) is 11.3 Å². The molecule has 3 rings (SSSR count). The quantitative estimate of drug-likeness (QED) is 0.767. The van der Waals surface area contributed by atoms with Gasteiger partial charge in [0.2, 0.25) is 0 Å². The minimum absolute atomic E-state index is 0.174. The zero-order valence-corrected chi connectivity index (χ0v) is 12.5. The van der Waals surface area contributed by atoms with Crippen molar-refractivity contribution in [2.75, 3.05) is 7.11 Å². The third kappa shape index (κ3) is 2.17. The summed E-state index contributed by atoms with van der Waals surface area (Å²) >= 11 is 0. The summed E-state index contributed by atoms with van der Waals surface area (Å²) in [5.74, 6) is 0.936. The first kappa shape index (κ1) is 14.0. The molecule has 2 aromatic carbocycles. The average Bonchev–Trinajstić information content (AvgIpc) is 2.92. The van der Waals surface area contributed by atoms with Crippen molar-refractivity contribution in [2.24, 2.45) is 0 Å². The number of aromatic hydroxyl groups is 1. The summed E-state index contributed by atoms with van der Waals surface area (Å²) in [5, 5.41) is 20.2. The monoisotopic (exact) mass is 292 g/mol. The Hall–Kier alpha value is -2.93. The molecule has 4 heteroatoms. The number of benzene rings is 2. The van der Waals surface area contributed by atoms with Crippen LogP contribution in [0.1, 0.15) is 18.1 Å². The fourth-order valence-electron chi connectivity index (χ4n) is 2.78. The number of methoxy groups -OCH3 is 1. The molecule has 1 heterocycles. The molecule has 0 bridgehead atoms. The van der Waals surface area contributed by atoms with Crippen LogP contribution >= 0.6 is 0 Å². The van der Waals surface area contributed by atoms with Crippen molar-refractivity contribution < 1.29 is 9.84 Å². The van der Waals surface area contributed by atoms with Crippen LogP contribution in [0.5, 0.6) is 11.5 Å². The highest BCUT2D eigenvalue weighted by Gasteiger charge is 2.17. The molecule has 0 aliphatic carbocycles. The Morgan fingerprint density at radius 1 is 1.27 bits per heavy atom. The van der Waals surface area contributed by atoms with Crippen molar-refractivity contribution in [1.29, 1.82) is 5.26 Å². The number of aryl methyl sites for hydroxylation is 1. The highest BCUT2D eigenvalue weighted by molar-refractivity contribution is 5.96. The van der Waals surface area contributed by atoms with Crippen molar-refractivity contribution in [3.05, 3.63) is 47.5 Å². The van der Waals surface area contributed by atoms with Gasteiger partial charge < -0.3 is 14.8 Å². The Kier molecular flexibility index (Phi) is 3.48.